The highest BCUT2D eigenvalue weighted by atomic mass is 32.2. The summed E-state index contributed by atoms with van der Waals surface area (Å²) in [4.78, 5) is 15.9. The van der Waals surface area contributed by atoms with E-state index < -0.39 is 40.4 Å². The van der Waals surface area contributed by atoms with Gasteiger partial charge in [-0.15, -0.1) is 11.8 Å². The lowest BCUT2D eigenvalue weighted by Gasteiger charge is -2.32. The molecule has 0 radical (unpaired) electrons. The van der Waals surface area contributed by atoms with Crippen molar-refractivity contribution in [2.24, 2.45) is 0 Å². The van der Waals surface area contributed by atoms with Crippen molar-refractivity contribution < 1.29 is 36.6 Å². The van der Waals surface area contributed by atoms with Gasteiger partial charge in [-0.3, -0.25) is 9.48 Å². The number of alkyl halides is 3. The molecule has 262 valence electrons. The summed E-state index contributed by atoms with van der Waals surface area (Å²) in [6.07, 6.45) is 1.02. The van der Waals surface area contributed by atoms with Crippen molar-refractivity contribution in [2.75, 3.05) is 64.4 Å². The Morgan fingerprint density at radius 1 is 1.09 bits per heavy atom. The van der Waals surface area contributed by atoms with Crippen molar-refractivity contribution in [3.8, 4) is 11.3 Å². The smallest absolute Gasteiger partial charge is 0.390 e. The Morgan fingerprint density at radius 2 is 1.81 bits per heavy atom. The van der Waals surface area contributed by atoms with Crippen molar-refractivity contribution in [3.63, 3.8) is 0 Å². The number of benzene rings is 1. The molecule has 5 rings (SSSR count). The van der Waals surface area contributed by atoms with E-state index >= 15 is 0 Å². The van der Waals surface area contributed by atoms with Crippen LogP contribution >= 0.6 is 11.8 Å². The highest BCUT2D eigenvalue weighted by Crippen LogP contribution is 2.40. The van der Waals surface area contributed by atoms with Gasteiger partial charge in [0.05, 0.1) is 30.2 Å². The van der Waals surface area contributed by atoms with Crippen LogP contribution in [0.2, 0.25) is 0 Å². The number of piperidine rings is 2. The zero-order valence-electron chi connectivity index (χ0n) is 26.7. The van der Waals surface area contributed by atoms with Gasteiger partial charge in [0, 0.05) is 79.2 Å². The number of fused-ring (bicyclic) bond motifs is 1. The Hall–Kier alpha value is -2.21. The van der Waals surface area contributed by atoms with E-state index in [0.29, 0.717) is 68.0 Å². The first kappa shape index (κ1) is 36.1. The number of halogens is 3. The fraction of sp³-hybridized carbons (Fsp3) is 0.677. The number of sulfonamides is 1. The maximum Gasteiger partial charge on any atom is 0.417 e. The number of rotatable bonds is 12. The van der Waals surface area contributed by atoms with Crippen LogP contribution < -0.4 is 5.32 Å². The predicted molar refractivity (Wildman–Crippen MR) is 173 cm³/mol. The van der Waals surface area contributed by atoms with E-state index in [2.05, 4.69) is 15.1 Å². The van der Waals surface area contributed by atoms with Crippen LogP contribution in [-0.2, 0) is 40.5 Å². The van der Waals surface area contributed by atoms with Gasteiger partial charge in [0.2, 0.25) is 15.9 Å². The number of amides is 1. The Morgan fingerprint density at radius 3 is 2.47 bits per heavy atom. The van der Waals surface area contributed by atoms with E-state index in [4.69, 9.17) is 10.2 Å². The highest BCUT2D eigenvalue weighted by molar-refractivity contribution is 7.99. The van der Waals surface area contributed by atoms with Gasteiger partial charge in [-0.05, 0) is 50.9 Å². The summed E-state index contributed by atoms with van der Waals surface area (Å²) in [6, 6.07) is 3.94. The molecule has 0 aliphatic carbocycles. The maximum absolute atomic E-state index is 14.1. The van der Waals surface area contributed by atoms with Gasteiger partial charge in [0.25, 0.3) is 0 Å². The number of thioether (sulfide) groups is 1. The fourth-order valence-electron chi connectivity index (χ4n) is 6.71. The second kappa shape index (κ2) is 15.6. The molecule has 4 heterocycles. The number of carbonyl (C=O) groups is 1. The molecule has 1 aromatic carbocycles. The lowest BCUT2D eigenvalue weighted by Crippen LogP contribution is -2.45. The monoisotopic (exact) mass is 702 g/mol. The molecule has 3 N–H and O–H groups in total. The molecule has 47 heavy (non-hydrogen) atoms. The molecule has 1 atom stereocenters. The van der Waals surface area contributed by atoms with Crippen LogP contribution in [0.1, 0.15) is 48.9 Å². The summed E-state index contributed by atoms with van der Waals surface area (Å²) >= 11 is 1.12. The molecule has 0 bridgehead atoms. The van der Waals surface area contributed by atoms with Crippen LogP contribution in [0.3, 0.4) is 0 Å². The lowest BCUT2D eigenvalue weighted by molar-refractivity contribution is -0.139. The predicted octanol–water partition coefficient (Wildman–Crippen LogP) is 2.40. The number of aliphatic hydroxyl groups is 2. The van der Waals surface area contributed by atoms with Crippen LogP contribution in [0.5, 0.6) is 0 Å². The molecule has 1 aromatic heterocycles. The molecule has 2 fully saturated rings. The zero-order valence-corrected chi connectivity index (χ0v) is 28.3. The molecule has 0 saturated carbocycles. The summed E-state index contributed by atoms with van der Waals surface area (Å²) in [6.45, 7) is 4.26. The van der Waals surface area contributed by atoms with Crippen LogP contribution in [0, 0.1) is 0 Å². The summed E-state index contributed by atoms with van der Waals surface area (Å²) in [5.41, 5.74) is 1.61. The van der Waals surface area contributed by atoms with Crippen molar-refractivity contribution in [1.29, 1.82) is 0 Å². The molecule has 1 amide bonds. The third-order valence-electron chi connectivity index (χ3n) is 9.19. The second-order valence-corrected chi connectivity index (χ2v) is 15.8. The molecule has 0 unspecified atom stereocenters. The first-order valence-electron chi connectivity index (χ1n) is 16.2. The average molecular weight is 703 g/mol. The minimum absolute atomic E-state index is 0.0256. The van der Waals surface area contributed by atoms with Gasteiger partial charge in [-0.1, -0.05) is 12.5 Å². The van der Waals surface area contributed by atoms with Crippen molar-refractivity contribution in [1.82, 2.24) is 29.2 Å². The number of aromatic nitrogens is 2. The molecule has 0 spiro atoms. The molecule has 3 aliphatic rings. The number of nitrogens with one attached hydrogen (secondary N) is 1. The molecule has 2 saturated heterocycles. The maximum atomic E-state index is 14.1. The first-order valence-corrected chi connectivity index (χ1v) is 19.1. The number of carbonyl (C=O) groups excluding carboxylic acids is 1. The number of β-amino-alcohol motifs (C(OH)–C–C–N with tert-alkyl or cyclic N) is 1. The van der Waals surface area contributed by atoms with Gasteiger partial charge in [-0.25, -0.2) is 8.42 Å². The number of hydrogen-bond donors (Lipinski definition) is 3. The SMILES string of the molecule is CS(=O)(=O)N1CCc2c(c(-c3ccc(C(F)(F)F)c(SCCN4CCC(NC(=O)CO)CC4)c3)nn2C[C@@H](O)CN2CCCCC2)C1. The first-order chi connectivity index (χ1) is 22.3. The lowest BCUT2D eigenvalue weighted by atomic mass is 10.0. The average Bonchev–Trinajstić information content (AvgIpc) is 3.38. The van der Waals surface area contributed by atoms with Gasteiger partial charge in [0.1, 0.15) is 6.61 Å². The van der Waals surface area contributed by atoms with Gasteiger partial charge < -0.3 is 25.3 Å². The van der Waals surface area contributed by atoms with Gasteiger partial charge in [-0.2, -0.15) is 22.6 Å². The van der Waals surface area contributed by atoms with E-state index in [9.17, 15) is 31.5 Å². The zero-order chi connectivity index (χ0) is 33.8. The highest BCUT2D eigenvalue weighted by Gasteiger charge is 2.35. The third kappa shape index (κ3) is 9.49. The Labute approximate surface area is 278 Å². The number of nitrogens with zero attached hydrogens (tertiary/aromatic N) is 5. The molecule has 11 nitrogen and oxygen atoms in total. The molecular formula is C31H45F3N6O5S2. The Kier molecular flexibility index (Phi) is 11.9. The second-order valence-electron chi connectivity index (χ2n) is 12.7. The Bertz CT molecular complexity index is 1490. The van der Waals surface area contributed by atoms with E-state index in [0.717, 1.165) is 55.7 Å². The fourth-order valence-corrected chi connectivity index (χ4v) is 8.62. The van der Waals surface area contributed by atoms with Crippen molar-refractivity contribution in [2.45, 2.75) is 74.8 Å². The standard InChI is InChI=1S/C31H45F3N6O5S2/c1-47(44,45)39-14-9-27-25(20-39)30(36-40(27)19-24(42)18-38-10-3-2-4-11-38)22-5-6-26(31(32,33)34)28(17-22)46-16-15-37-12-7-23(8-13-37)35-29(43)21-41/h5-6,17,23-24,41-42H,2-4,7-16,18-21H2,1H3,(H,35,43)/t24-/m0/s1. The van der Waals surface area contributed by atoms with E-state index in [1.807, 2.05) is 0 Å². The molecule has 2 aromatic rings. The molecule has 3 aliphatic heterocycles. The molecule has 16 heteroatoms. The largest absolute Gasteiger partial charge is 0.417 e. The van der Waals surface area contributed by atoms with Crippen LogP contribution in [0.25, 0.3) is 11.3 Å². The van der Waals surface area contributed by atoms with Crippen molar-refractivity contribution in [3.05, 3.63) is 35.0 Å². The van der Waals surface area contributed by atoms with Gasteiger partial charge >= 0.3 is 6.18 Å². The summed E-state index contributed by atoms with van der Waals surface area (Å²) < 4.78 is 70.4. The third-order valence-corrected chi connectivity index (χ3v) is 11.5. The van der Waals surface area contributed by atoms with E-state index in [-0.39, 0.29) is 30.6 Å². The number of aliphatic hydroxyl groups excluding tert-OH is 2. The van der Waals surface area contributed by atoms with Crippen LogP contribution in [0.15, 0.2) is 23.1 Å². The van der Waals surface area contributed by atoms with Crippen LogP contribution in [0.4, 0.5) is 13.2 Å². The summed E-state index contributed by atoms with van der Waals surface area (Å²) in [5, 5.41) is 27.5. The van der Waals surface area contributed by atoms with E-state index in [1.165, 1.54) is 22.9 Å². The summed E-state index contributed by atoms with van der Waals surface area (Å²) in [5.74, 6) is -0.000532. The Balaban J connectivity index is 1.35. The quantitative estimate of drug-likeness (QED) is 0.286. The summed E-state index contributed by atoms with van der Waals surface area (Å²) in [7, 11) is -3.52. The van der Waals surface area contributed by atoms with Gasteiger partial charge in [0.15, 0.2) is 0 Å². The topological polar surface area (TPSA) is 131 Å². The number of likely N-dealkylation sites (tertiary alicyclic amines) is 2. The van der Waals surface area contributed by atoms with Crippen molar-refractivity contribution >= 4 is 27.7 Å². The van der Waals surface area contributed by atoms with Crippen LogP contribution in [-0.4, -0.2) is 125 Å². The number of hydrogen-bond acceptors (Lipinski definition) is 9. The minimum atomic E-state index is -4.56. The minimum Gasteiger partial charge on any atom is -0.390 e. The van der Waals surface area contributed by atoms with E-state index in [1.54, 1.807) is 4.68 Å². The normalized spacial score (nSPS) is 19.9. The molecular weight excluding hydrogens is 658 g/mol.